The van der Waals surface area contributed by atoms with Crippen molar-refractivity contribution in [2.24, 2.45) is 5.92 Å². The molecule has 3 heterocycles. The zero-order chi connectivity index (χ0) is 47.6. The zero-order valence-corrected chi connectivity index (χ0v) is 39.4. The number of halogens is 2. The second-order valence-electron chi connectivity index (χ2n) is 16.9. The summed E-state index contributed by atoms with van der Waals surface area (Å²) in [6.45, 7) is 26.7. The van der Waals surface area contributed by atoms with E-state index in [9.17, 15) is 26.8 Å². The minimum atomic E-state index is -3.11. The molecule has 0 aromatic heterocycles. The van der Waals surface area contributed by atoms with Gasteiger partial charge in [0.1, 0.15) is 20.9 Å². The van der Waals surface area contributed by atoms with Gasteiger partial charge in [0.15, 0.2) is 44.7 Å². The molecule has 13 nitrogen and oxygen atoms in total. The fourth-order valence-electron chi connectivity index (χ4n) is 7.64. The minimum Gasteiger partial charge on any atom is -0.490 e. The van der Waals surface area contributed by atoms with Crippen LogP contribution in [0.15, 0.2) is 72.8 Å². The van der Waals surface area contributed by atoms with E-state index in [1.165, 1.54) is 28.0 Å². The fourth-order valence-corrected chi connectivity index (χ4v) is 9.32. The number of carbonyl (C=O) groups excluding carboxylic acids is 2. The van der Waals surface area contributed by atoms with Crippen LogP contribution in [0.1, 0.15) is 51.7 Å². The highest BCUT2D eigenvalue weighted by Crippen LogP contribution is 2.40. The fraction of sp³-hybridized carbons (Fsp3) is 0.362. The van der Waals surface area contributed by atoms with Crippen molar-refractivity contribution < 1.29 is 41.0 Å². The van der Waals surface area contributed by atoms with Gasteiger partial charge in [0.2, 0.25) is 0 Å². The standard InChI is InChI=1S/C24H24FN3O3S.C23H24FN3O4S2/c1-15-11-17(5-7-20(15)26-4)27-22(29)24(2,3)28(23(27)32)18-6-8-21(19(25)12-18)31-14-16-9-10-30-13-16;1-15-13-16(7-9-19(15)25-4)26-21(28)23(2,3)27(22(26)32)17-8-10-20(18(24)14-17)31-11-6-12-33(5,29)30/h5-8,11-12,16H,9-10,13-14H2,1-3H3;7-10,13-14H,6,11-12H2,1-3,5H3. The quantitative estimate of drug-likeness (QED) is 0.0769. The van der Waals surface area contributed by atoms with Gasteiger partial charge in [-0.2, -0.15) is 0 Å². The Morgan fingerprint density at radius 1 is 0.738 bits per heavy atom. The maximum Gasteiger partial charge on any atom is 0.259 e. The van der Waals surface area contributed by atoms with Gasteiger partial charge in [-0.15, -0.1) is 0 Å². The van der Waals surface area contributed by atoms with Gasteiger partial charge < -0.3 is 24.0 Å². The summed E-state index contributed by atoms with van der Waals surface area (Å²) in [5.74, 6) is -1.28. The van der Waals surface area contributed by atoms with Crippen LogP contribution in [0.2, 0.25) is 0 Å². The first-order valence-corrected chi connectivity index (χ1v) is 23.4. The molecule has 0 bridgehead atoms. The van der Waals surface area contributed by atoms with Crippen molar-refractivity contribution in [3.63, 3.8) is 0 Å². The lowest BCUT2D eigenvalue weighted by Gasteiger charge is -2.29. The third kappa shape index (κ3) is 10.1. The van der Waals surface area contributed by atoms with E-state index < -0.39 is 32.5 Å². The molecule has 4 aromatic carbocycles. The molecule has 3 saturated heterocycles. The molecule has 4 aromatic rings. The number of rotatable bonds is 12. The number of anilines is 4. The van der Waals surface area contributed by atoms with E-state index in [0.717, 1.165) is 23.8 Å². The molecule has 340 valence electrons. The smallest absolute Gasteiger partial charge is 0.259 e. The molecule has 7 rings (SSSR count). The number of carbonyl (C=O) groups is 2. The number of benzene rings is 4. The summed E-state index contributed by atoms with van der Waals surface area (Å²) in [4.78, 5) is 39.5. The van der Waals surface area contributed by atoms with E-state index in [-0.39, 0.29) is 58.2 Å². The van der Waals surface area contributed by atoms with Gasteiger partial charge in [-0.3, -0.25) is 19.4 Å². The van der Waals surface area contributed by atoms with Crippen LogP contribution < -0.4 is 29.1 Å². The zero-order valence-electron chi connectivity index (χ0n) is 37.0. The average Bonchev–Trinajstić information content (AvgIpc) is 3.87. The van der Waals surface area contributed by atoms with Crippen LogP contribution in [0, 0.1) is 44.5 Å². The Hall–Kier alpha value is -6.05. The van der Waals surface area contributed by atoms with E-state index in [2.05, 4.69) is 9.69 Å². The lowest BCUT2D eigenvalue weighted by Crippen LogP contribution is -2.44. The summed E-state index contributed by atoms with van der Waals surface area (Å²) in [5, 5.41) is 0.451. The van der Waals surface area contributed by atoms with Gasteiger partial charge in [0.25, 0.3) is 11.8 Å². The van der Waals surface area contributed by atoms with Crippen LogP contribution in [0.5, 0.6) is 11.5 Å². The molecule has 2 amide bonds. The number of thiocarbonyl (C=S) groups is 2. The summed E-state index contributed by atoms with van der Waals surface area (Å²) in [7, 11) is -3.11. The van der Waals surface area contributed by atoms with Gasteiger partial charge in [-0.25, -0.2) is 26.9 Å². The molecule has 3 aliphatic rings. The van der Waals surface area contributed by atoms with E-state index in [0.29, 0.717) is 53.9 Å². The predicted molar refractivity (Wildman–Crippen MR) is 255 cm³/mol. The highest BCUT2D eigenvalue weighted by Gasteiger charge is 2.51. The monoisotopic (exact) mass is 942 g/mol. The molecule has 0 N–H and O–H groups in total. The molecule has 65 heavy (non-hydrogen) atoms. The van der Waals surface area contributed by atoms with E-state index in [1.54, 1.807) is 99.0 Å². The molecule has 0 saturated carbocycles. The number of ether oxygens (including phenoxy) is 3. The summed E-state index contributed by atoms with van der Waals surface area (Å²) >= 11 is 11.3. The number of hydrogen-bond acceptors (Lipinski definition) is 9. The third-order valence-corrected chi connectivity index (χ3v) is 13.0. The lowest BCUT2D eigenvalue weighted by atomic mass is 10.0. The van der Waals surface area contributed by atoms with Crippen molar-refractivity contribution in [2.45, 2.75) is 65.5 Å². The number of hydrogen-bond donors (Lipinski definition) is 0. The molecule has 1 unspecified atom stereocenters. The molecule has 0 radical (unpaired) electrons. The van der Waals surface area contributed by atoms with Gasteiger partial charge >= 0.3 is 0 Å². The Kier molecular flexibility index (Phi) is 14.3. The number of amides is 2. The maximum atomic E-state index is 14.9. The molecular formula is C47H48F2N6O7S3. The van der Waals surface area contributed by atoms with Crippen molar-refractivity contribution in [1.82, 2.24) is 0 Å². The number of aryl methyl sites for hydroxylation is 2. The maximum absolute atomic E-state index is 14.9. The van der Waals surface area contributed by atoms with Crippen LogP contribution in [-0.2, 0) is 24.2 Å². The summed E-state index contributed by atoms with van der Waals surface area (Å²) in [6, 6.07) is 19.1. The second kappa shape index (κ2) is 19.2. The molecule has 3 aliphatic heterocycles. The molecule has 0 aliphatic carbocycles. The Bertz CT molecular complexity index is 2760. The van der Waals surface area contributed by atoms with E-state index in [4.69, 9.17) is 51.8 Å². The summed E-state index contributed by atoms with van der Waals surface area (Å²) < 4.78 is 68.4. The van der Waals surface area contributed by atoms with Crippen molar-refractivity contribution in [2.75, 3.05) is 58.0 Å². The number of sulfone groups is 1. The van der Waals surface area contributed by atoms with Gasteiger partial charge in [0.05, 0.1) is 38.7 Å². The van der Waals surface area contributed by atoms with Gasteiger partial charge in [-0.1, -0.05) is 12.1 Å². The van der Waals surface area contributed by atoms with Crippen LogP contribution in [0.3, 0.4) is 0 Å². The Balaban J connectivity index is 0.000000215. The highest BCUT2D eigenvalue weighted by atomic mass is 32.2. The van der Waals surface area contributed by atoms with Crippen LogP contribution in [0.4, 0.5) is 42.9 Å². The van der Waals surface area contributed by atoms with Crippen molar-refractivity contribution in [1.29, 1.82) is 0 Å². The first kappa shape index (κ1) is 48.4. The second-order valence-corrected chi connectivity index (χ2v) is 19.9. The first-order valence-electron chi connectivity index (χ1n) is 20.5. The lowest BCUT2D eigenvalue weighted by molar-refractivity contribution is -0.121. The van der Waals surface area contributed by atoms with Crippen molar-refractivity contribution in [3.8, 4) is 11.5 Å². The Morgan fingerprint density at radius 2 is 1.18 bits per heavy atom. The van der Waals surface area contributed by atoms with E-state index in [1.807, 2.05) is 6.92 Å². The summed E-state index contributed by atoms with van der Waals surface area (Å²) in [6.07, 6.45) is 2.29. The topological polar surface area (TPSA) is 118 Å². The van der Waals surface area contributed by atoms with Gasteiger partial charge in [-0.05, 0) is 138 Å². The first-order chi connectivity index (χ1) is 30.6. The highest BCUT2D eigenvalue weighted by molar-refractivity contribution is 7.90. The van der Waals surface area contributed by atoms with Crippen molar-refractivity contribution in [3.05, 3.63) is 118 Å². The molecule has 3 fully saturated rings. The van der Waals surface area contributed by atoms with Gasteiger partial charge in [0, 0.05) is 53.7 Å². The summed E-state index contributed by atoms with van der Waals surface area (Å²) in [5.41, 5.74) is 2.37. The SMILES string of the molecule is [C-]#[N+]c1ccc(N2C(=O)C(C)(C)N(c3ccc(OCC4CCOC4)c(F)c3)C2=S)cc1C.[C-]#[N+]c1ccc(N2C(=O)C(C)(C)N(c3ccc(OCCCS(C)(=O)=O)c(F)c3)C2=S)cc1C. The molecular weight excluding hydrogens is 895 g/mol. The predicted octanol–water partition coefficient (Wildman–Crippen LogP) is 9.43. The average molecular weight is 943 g/mol. The molecule has 18 heteroatoms. The largest absolute Gasteiger partial charge is 0.490 e. The Labute approximate surface area is 389 Å². The molecule has 1 atom stereocenters. The number of nitrogens with zero attached hydrogens (tertiary/aromatic N) is 6. The molecule has 0 spiro atoms. The minimum absolute atomic E-state index is 0.0105. The van der Waals surface area contributed by atoms with Crippen molar-refractivity contribution >= 4 is 90.4 Å². The third-order valence-electron chi connectivity index (χ3n) is 11.2. The van der Waals surface area contributed by atoms with Crippen LogP contribution >= 0.6 is 24.4 Å². The van der Waals surface area contributed by atoms with E-state index >= 15 is 0 Å². The normalized spacial score (nSPS) is 17.8. The van der Waals surface area contributed by atoms with Crippen LogP contribution in [0.25, 0.3) is 9.69 Å². The Morgan fingerprint density at radius 3 is 1.57 bits per heavy atom. The van der Waals surface area contributed by atoms with Crippen LogP contribution in [-0.4, -0.2) is 80.0 Å².